The Morgan fingerprint density at radius 2 is 2.47 bits per heavy atom. The first-order valence-electron chi connectivity index (χ1n) is 7.15. The highest BCUT2D eigenvalue weighted by atomic mass is 16.5. The van der Waals surface area contributed by atoms with Crippen LogP contribution < -0.4 is 5.32 Å². The summed E-state index contributed by atoms with van der Waals surface area (Å²) in [5.74, 6) is 0. The van der Waals surface area contributed by atoms with E-state index in [1.807, 2.05) is 17.9 Å². The van der Waals surface area contributed by atoms with Crippen LogP contribution in [0.2, 0.25) is 0 Å². The molecule has 19 heavy (non-hydrogen) atoms. The largest absolute Gasteiger partial charge is 0.383 e. The Morgan fingerprint density at radius 1 is 1.63 bits per heavy atom. The van der Waals surface area contributed by atoms with Gasteiger partial charge in [-0.15, -0.1) is 0 Å². The Morgan fingerprint density at radius 3 is 3.05 bits per heavy atom. The van der Waals surface area contributed by atoms with Gasteiger partial charge in [0, 0.05) is 51.1 Å². The number of hydrogen-bond acceptors (Lipinski definition) is 4. The Balaban J connectivity index is 1.98. The standard InChI is InChI=1S/C14H26N4O/c1-12(13-9-16-17(2)10-13)18(7-8-19-3)11-14-5-4-6-15-14/h9-10,12,14-15H,4-8,11H2,1-3H3. The second kappa shape index (κ2) is 7.03. The summed E-state index contributed by atoms with van der Waals surface area (Å²) in [7, 11) is 3.73. The van der Waals surface area contributed by atoms with Crippen LogP contribution in [0.25, 0.3) is 0 Å². The molecule has 1 N–H and O–H groups in total. The molecule has 0 spiro atoms. The molecule has 0 amide bonds. The van der Waals surface area contributed by atoms with E-state index in [1.54, 1.807) is 7.11 Å². The summed E-state index contributed by atoms with van der Waals surface area (Å²) in [5.41, 5.74) is 1.27. The SMILES string of the molecule is COCCN(CC1CCCN1)C(C)c1cnn(C)c1. The van der Waals surface area contributed by atoms with E-state index >= 15 is 0 Å². The van der Waals surface area contributed by atoms with Crippen molar-refractivity contribution in [3.05, 3.63) is 18.0 Å². The Hall–Kier alpha value is -0.910. The zero-order valence-electron chi connectivity index (χ0n) is 12.3. The summed E-state index contributed by atoms with van der Waals surface area (Å²) in [6, 6.07) is 1.00. The minimum atomic E-state index is 0.381. The lowest BCUT2D eigenvalue weighted by Gasteiger charge is -2.30. The number of aromatic nitrogens is 2. The van der Waals surface area contributed by atoms with Crippen molar-refractivity contribution in [2.45, 2.75) is 31.8 Å². The van der Waals surface area contributed by atoms with Gasteiger partial charge in [-0.2, -0.15) is 5.10 Å². The maximum Gasteiger partial charge on any atom is 0.0589 e. The van der Waals surface area contributed by atoms with Gasteiger partial charge in [-0.3, -0.25) is 9.58 Å². The molecule has 1 fully saturated rings. The van der Waals surface area contributed by atoms with Gasteiger partial charge in [0.2, 0.25) is 0 Å². The lowest BCUT2D eigenvalue weighted by atomic mass is 10.1. The molecule has 5 heteroatoms. The van der Waals surface area contributed by atoms with Crippen molar-refractivity contribution in [2.24, 2.45) is 7.05 Å². The molecular weight excluding hydrogens is 240 g/mol. The topological polar surface area (TPSA) is 42.3 Å². The van der Waals surface area contributed by atoms with Gasteiger partial charge in [-0.1, -0.05) is 0 Å². The molecule has 1 saturated heterocycles. The van der Waals surface area contributed by atoms with Crippen LogP contribution in [0, 0.1) is 0 Å². The predicted molar refractivity (Wildman–Crippen MR) is 76.1 cm³/mol. The van der Waals surface area contributed by atoms with Crippen LogP contribution in [0.3, 0.4) is 0 Å². The quantitative estimate of drug-likeness (QED) is 0.805. The third-order valence-corrected chi connectivity index (χ3v) is 3.95. The maximum absolute atomic E-state index is 5.25. The summed E-state index contributed by atoms with van der Waals surface area (Å²) in [6.07, 6.45) is 6.65. The highest BCUT2D eigenvalue weighted by Gasteiger charge is 2.22. The Bertz CT molecular complexity index is 373. The third-order valence-electron chi connectivity index (χ3n) is 3.95. The lowest BCUT2D eigenvalue weighted by molar-refractivity contribution is 0.118. The van der Waals surface area contributed by atoms with E-state index in [9.17, 15) is 0 Å². The molecule has 1 aliphatic rings. The summed E-state index contributed by atoms with van der Waals surface area (Å²) in [5, 5.41) is 7.85. The fourth-order valence-electron chi connectivity index (χ4n) is 2.71. The number of nitrogens with zero attached hydrogens (tertiary/aromatic N) is 3. The van der Waals surface area contributed by atoms with Crippen molar-refractivity contribution in [3.63, 3.8) is 0 Å². The smallest absolute Gasteiger partial charge is 0.0589 e. The predicted octanol–water partition coefficient (Wildman–Crippen LogP) is 1.18. The zero-order chi connectivity index (χ0) is 13.7. The molecule has 1 aliphatic heterocycles. The van der Waals surface area contributed by atoms with Gasteiger partial charge in [-0.25, -0.2) is 0 Å². The molecule has 0 saturated carbocycles. The first-order valence-corrected chi connectivity index (χ1v) is 7.15. The lowest BCUT2D eigenvalue weighted by Crippen LogP contribution is -2.40. The fraction of sp³-hybridized carbons (Fsp3) is 0.786. The van der Waals surface area contributed by atoms with Crippen molar-refractivity contribution < 1.29 is 4.74 Å². The van der Waals surface area contributed by atoms with Gasteiger partial charge < -0.3 is 10.1 Å². The van der Waals surface area contributed by atoms with E-state index in [0.29, 0.717) is 12.1 Å². The monoisotopic (exact) mass is 266 g/mol. The molecule has 108 valence electrons. The summed E-state index contributed by atoms with van der Waals surface area (Å²) in [4.78, 5) is 2.49. The van der Waals surface area contributed by atoms with Gasteiger partial charge in [0.25, 0.3) is 0 Å². The van der Waals surface area contributed by atoms with Crippen LogP contribution in [-0.2, 0) is 11.8 Å². The van der Waals surface area contributed by atoms with Gasteiger partial charge >= 0.3 is 0 Å². The first-order chi connectivity index (χ1) is 9.20. The second-order valence-corrected chi connectivity index (χ2v) is 5.40. The van der Waals surface area contributed by atoms with Gasteiger partial charge in [0.05, 0.1) is 12.8 Å². The summed E-state index contributed by atoms with van der Waals surface area (Å²) >= 11 is 0. The molecule has 2 rings (SSSR count). The van der Waals surface area contributed by atoms with E-state index in [2.05, 4.69) is 28.4 Å². The van der Waals surface area contributed by atoms with Gasteiger partial charge in [0.1, 0.15) is 0 Å². The number of hydrogen-bond donors (Lipinski definition) is 1. The minimum absolute atomic E-state index is 0.381. The number of nitrogens with one attached hydrogen (secondary N) is 1. The Kier molecular flexibility index (Phi) is 5.36. The molecule has 1 aromatic rings. The highest BCUT2D eigenvalue weighted by Crippen LogP contribution is 2.20. The van der Waals surface area contributed by atoms with Crippen molar-refractivity contribution >= 4 is 0 Å². The van der Waals surface area contributed by atoms with Crippen LogP contribution in [0.5, 0.6) is 0 Å². The fourth-order valence-corrected chi connectivity index (χ4v) is 2.71. The second-order valence-electron chi connectivity index (χ2n) is 5.40. The molecule has 0 radical (unpaired) electrons. The summed E-state index contributed by atoms with van der Waals surface area (Å²) < 4.78 is 7.11. The maximum atomic E-state index is 5.25. The number of ether oxygens (including phenoxy) is 1. The van der Waals surface area contributed by atoms with Gasteiger partial charge in [0.15, 0.2) is 0 Å². The molecule has 2 atom stereocenters. The molecule has 0 bridgehead atoms. The van der Waals surface area contributed by atoms with E-state index in [-0.39, 0.29) is 0 Å². The molecule has 0 aromatic carbocycles. The molecule has 0 aliphatic carbocycles. The van der Waals surface area contributed by atoms with Crippen LogP contribution in [0.1, 0.15) is 31.4 Å². The first kappa shape index (κ1) is 14.5. The van der Waals surface area contributed by atoms with Crippen LogP contribution >= 0.6 is 0 Å². The zero-order valence-corrected chi connectivity index (χ0v) is 12.3. The minimum Gasteiger partial charge on any atom is -0.383 e. The molecule has 1 aromatic heterocycles. The van der Waals surface area contributed by atoms with Gasteiger partial charge in [-0.05, 0) is 26.3 Å². The number of aryl methyl sites for hydroxylation is 1. The van der Waals surface area contributed by atoms with E-state index in [0.717, 1.165) is 26.2 Å². The van der Waals surface area contributed by atoms with Crippen LogP contribution in [-0.4, -0.2) is 54.1 Å². The average Bonchev–Trinajstić information content (AvgIpc) is 3.05. The summed E-state index contributed by atoms with van der Waals surface area (Å²) in [6.45, 7) is 6.23. The van der Waals surface area contributed by atoms with E-state index < -0.39 is 0 Å². The normalized spacial score (nSPS) is 21.2. The molecule has 5 nitrogen and oxygen atoms in total. The average molecular weight is 266 g/mol. The van der Waals surface area contributed by atoms with Crippen molar-refractivity contribution in [1.29, 1.82) is 0 Å². The van der Waals surface area contributed by atoms with E-state index in [1.165, 1.54) is 18.4 Å². The molecule has 2 heterocycles. The Labute approximate surface area is 115 Å². The molecular formula is C14H26N4O. The third kappa shape index (κ3) is 4.03. The number of methoxy groups -OCH3 is 1. The van der Waals surface area contributed by atoms with Crippen molar-refractivity contribution in [3.8, 4) is 0 Å². The highest BCUT2D eigenvalue weighted by molar-refractivity contribution is 5.09. The van der Waals surface area contributed by atoms with Crippen LogP contribution in [0.4, 0.5) is 0 Å². The number of rotatable bonds is 7. The van der Waals surface area contributed by atoms with Crippen LogP contribution in [0.15, 0.2) is 12.4 Å². The van der Waals surface area contributed by atoms with Crippen molar-refractivity contribution in [2.75, 3.05) is 33.4 Å². The van der Waals surface area contributed by atoms with E-state index in [4.69, 9.17) is 4.74 Å². The van der Waals surface area contributed by atoms with Crippen molar-refractivity contribution in [1.82, 2.24) is 20.0 Å². The molecule has 2 unspecified atom stereocenters.